The molecule has 10 aromatic rings. The van der Waals surface area contributed by atoms with Gasteiger partial charge in [0.25, 0.3) is 0 Å². The molecule has 1 aromatic heterocycles. The Balaban J connectivity index is 0.948. The Bertz CT molecular complexity index is 2880. The Morgan fingerprint density at radius 2 is 0.704 bits per heavy atom. The fourth-order valence-corrected chi connectivity index (χ4v) is 7.79. The zero-order chi connectivity index (χ0) is 35.8. The van der Waals surface area contributed by atoms with E-state index in [0.29, 0.717) is 0 Å². The van der Waals surface area contributed by atoms with E-state index in [9.17, 15) is 0 Å². The van der Waals surface area contributed by atoms with E-state index in [1.165, 1.54) is 49.5 Å². The molecule has 0 fully saturated rings. The lowest BCUT2D eigenvalue weighted by Crippen LogP contribution is -2.09. The second-order valence-corrected chi connectivity index (χ2v) is 13.7. The number of hydrogen-bond acceptors (Lipinski definition) is 2. The van der Waals surface area contributed by atoms with Crippen molar-refractivity contribution in [2.75, 3.05) is 4.90 Å². The van der Waals surface area contributed by atoms with Crippen molar-refractivity contribution in [1.29, 1.82) is 0 Å². The van der Waals surface area contributed by atoms with Gasteiger partial charge in [-0.25, -0.2) is 0 Å². The molecule has 1 heterocycles. The fraction of sp³-hybridized carbons (Fsp3) is 0. The molecule has 0 aliphatic carbocycles. The number of para-hydroxylation sites is 1. The normalized spacial score (nSPS) is 11.3. The van der Waals surface area contributed by atoms with E-state index in [2.05, 4.69) is 217 Å². The second-order valence-electron chi connectivity index (χ2n) is 13.7. The zero-order valence-electron chi connectivity index (χ0n) is 29.6. The summed E-state index contributed by atoms with van der Waals surface area (Å²) in [5, 5.41) is 4.75. The van der Waals surface area contributed by atoms with Gasteiger partial charge in [-0.15, -0.1) is 0 Å². The van der Waals surface area contributed by atoms with Crippen LogP contribution in [0.4, 0.5) is 17.1 Å². The molecule has 0 amide bonds. The molecule has 9 aromatic carbocycles. The molecule has 0 spiro atoms. The van der Waals surface area contributed by atoms with E-state index in [1.807, 2.05) is 0 Å². The van der Waals surface area contributed by atoms with Gasteiger partial charge in [-0.1, -0.05) is 158 Å². The monoisotopic (exact) mass is 689 g/mol. The molecule has 0 bridgehead atoms. The minimum absolute atomic E-state index is 0.898. The molecule has 0 atom stereocenters. The maximum Gasteiger partial charge on any atom is 0.136 e. The number of benzene rings is 9. The molecule has 0 aliphatic rings. The van der Waals surface area contributed by atoms with Crippen LogP contribution in [0.5, 0.6) is 0 Å². The fourth-order valence-electron chi connectivity index (χ4n) is 7.79. The van der Waals surface area contributed by atoms with Gasteiger partial charge in [-0.3, -0.25) is 0 Å². The maximum atomic E-state index is 6.59. The lowest BCUT2D eigenvalue weighted by Gasteiger charge is -2.26. The highest BCUT2D eigenvalue weighted by Gasteiger charge is 2.16. The summed E-state index contributed by atoms with van der Waals surface area (Å²) in [6, 6.07) is 75.6. The van der Waals surface area contributed by atoms with Crippen LogP contribution in [-0.4, -0.2) is 0 Å². The highest BCUT2D eigenvalue weighted by molar-refractivity contribution is 6.22. The summed E-state index contributed by atoms with van der Waals surface area (Å²) in [6.07, 6.45) is 0. The number of rotatable bonds is 7. The predicted octanol–water partition coefficient (Wildman–Crippen LogP) is 14.9. The number of anilines is 3. The molecule has 2 nitrogen and oxygen atoms in total. The highest BCUT2D eigenvalue weighted by atomic mass is 16.3. The summed E-state index contributed by atoms with van der Waals surface area (Å²) >= 11 is 0. The van der Waals surface area contributed by atoms with Gasteiger partial charge in [-0.05, 0) is 110 Å². The van der Waals surface area contributed by atoms with Crippen LogP contribution < -0.4 is 4.90 Å². The molecule has 2 heteroatoms. The van der Waals surface area contributed by atoms with E-state index in [1.54, 1.807) is 0 Å². The molecular weight excluding hydrogens is 655 g/mol. The van der Waals surface area contributed by atoms with Crippen molar-refractivity contribution in [3.05, 3.63) is 212 Å². The highest BCUT2D eigenvalue weighted by Crippen LogP contribution is 2.41. The topological polar surface area (TPSA) is 16.4 Å². The number of nitrogens with zero attached hydrogens (tertiary/aromatic N) is 1. The zero-order valence-corrected chi connectivity index (χ0v) is 29.6. The largest absolute Gasteiger partial charge is 0.456 e. The van der Waals surface area contributed by atoms with Gasteiger partial charge in [0.2, 0.25) is 0 Å². The van der Waals surface area contributed by atoms with Gasteiger partial charge in [0, 0.05) is 27.8 Å². The molecule has 10 rings (SSSR count). The van der Waals surface area contributed by atoms with E-state index < -0.39 is 0 Å². The molecule has 54 heavy (non-hydrogen) atoms. The minimum Gasteiger partial charge on any atom is -0.456 e. The molecular formula is C52H35NO. The maximum absolute atomic E-state index is 6.59. The first kappa shape index (κ1) is 31.6. The smallest absolute Gasteiger partial charge is 0.136 e. The molecule has 0 saturated carbocycles. The van der Waals surface area contributed by atoms with E-state index in [4.69, 9.17) is 4.42 Å². The first-order chi connectivity index (χ1) is 26.8. The third kappa shape index (κ3) is 5.71. The van der Waals surface area contributed by atoms with Crippen LogP contribution in [0.15, 0.2) is 217 Å². The quantitative estimate of drug-likeness (QED) is 0.166. The average Bonchev–Trinajstić information content (AvgIpc) is 3.63. The minimum atomic E-state index is 0.898. The summed E-state index contributed by atoms with van der Waals surface area (Å²) in [5.74, 6) is 0. The van der Waals surface area contributed by atoms with Crippen molar-refractivity contribution < 1.29 is 4.42 Å². The van der Waals surface area contributed by atoms with Crippen LogP contribution in [0, 0.1) is 0 Å². The first-order valence-electron chi connectivity index (χ1n) is 18.4. The van der Waals surface area contributed by atoms with Gasteiger partial charge < -0.3 is 9.32 Å². The molecule has 254 valence electrons. The first-order valence-corrected chi connectivity index (χ1v) is 18.4. The van der Waals surface area contributed by atoms with Crippen molar-refractivity contribution in [2.45, 2.75) is 0 Å². The second kappa shape index (κ2) is 13.4. The van der Waals surface area contributed by atoms with E-state index in [0.717, 1.165) is 44.7 Å². The van der Waals surface area contributed by atoms with Crippen LogP contribution >= 0.6 is 0 Å². The number of furan rings is 1. The van der Waals surface area contributed by atoms with Gasteiger partial charge in [0.1, 0.15) is 11.2 Å². The van der Waals surface area contributed by atoms with Crippen LogP contribution in [0.3, 0.4) is 0 Å². The van der Waals surface area contributed by atoms with Crippen LogP contribution in [-0.2, 0) is 0 Å². The lowest BCUT2D eigenvalue weighted by molar-refractivity contribution is 0.669. The van der Waals surface area contributed by atoms with Gasteiger partial charge in [-0.2, -0.15) is 0 Å². The van der Waals surface area contributed by atoms with Crippen molar-refractivity contribution in [1.82, 2.24) is 0 Å². The predicted molar refractivity (Wildman–Crippen MR) is 228 cm³/mol. The number of fused-ring (bicyclic) bond motifs is 5. The SMILES string of the molecule is c1ccc(-c2ccc(N(c3ccccc3)c3ccc(-c4ccc(-c5ccc6c(c5)oc5cc(-c7ccccc7)c7ccccc7c56)cc4)cc3)cc2)cc1. The van der Waals surface area contributed by atoms with Gasteiger partial charge >= 0.3 is 0 Å². The molecule has 0 N–H and O–H groups in total. The van der Waals surface area contributed by atoms with E-state index >= 15 is 0 Å². The van der Waals surface area contributed by atoms with Crippen molar-refractivity contribution in [2.24, 2.45) is 0 Å². The Hall–Kier alpha value is -7.16. The van der Waals surface area contributed by atoms with Gasteiger partial charge in [0.15, 0.2) is 0 Å². The van der Waals surface area contributed by atoms with Crippen molar-refractivity contribution in [3.8, 4) is 44.5 Å². The van der Waals surface area contributed by atoms with Crippen molar-refractivity contribution in [3.63, 3.8) is 0 Å². The molecule has 0 aliphatic heterocycles. The lowest BCUT2D eigenvalue weighted by atomic mass is 9.94. The third-order valence-electron chi connectivity index (χ3n) is 10.5. The Kier molecular flexibility index (Phi) is 7.85. The summed E-state index contributed by atoms with van der Waals surface area (Å²) in [6.45, 7) is 0. The molecule has 0 saturated heterocycles. The Morgan fingerprint density at radius 1 is 0.278 bits per heavy atom. The standard InChI is InChI=1S/C52H35NO/c1-4-12-36(13-5-1)38-24-29-44(30-25-38)53(43-16-8-3-9-17-43)45-31-26-39(27-32-45)37-20-22-40(23-21-37)42-28-33-48-50(34-42)54-51-35-49(41-14-6-2-7-15-41)46-18-10-11-19-47(46)52(48)51/h1-35H. The Labute approximate surface area is 314 Å². The van der Waals surface area contributed by atoms with Crippen LogP contribution in [0.1, 0.15) is 0 Å². The van der Waals surface area contributed by atoms with Crippen LogP contribution in [0.2, 0.25) is 0 Å². The van der Waals surface area contributed by atoms with E-state index in [-0.39, 0.29) is 0 Å². The number of hydrogen-bond donors (Lipinski definition) is 0. The summed E-state index contributed by atoms with van der Waals surface area (Å²) in [4.78, 5) is 2.31. The summed E-state index contributed by atoms with van der Waals surface area (Å²) < 4.78 is 6.59. The third-order valence-corrected chi connectivity index (χ3v) is 10.5. The molecule has 0 radical (unpaired) electrons. The van der Waals surface area contributed by atoms with Crippen molar-refractivity contribution >= 4 is 49.8 Å². The average molecular weight is 690 g/mol. The summed E-state index contributed by atoms with van der Waals surface area (Å²) in [7, 11) is 0. The van der Waals surface area contributed by atoms with Crippen LogP contribution in [0.25, 0.3) is 77.2 Å². The van der Waals surface area contributed by atoms with Gasteiger partial charge in [0.05, 0.1) is 0 Å². The summed E-state index contributed by atoms with van der Waals surface area (Å²) in [5.41, 5.74) is 14.6. The Morgan fingerprint density at radius 3 is 1.30 bits per heavy atom. The molecule has 0 unspecified atom stereocenters.